The number of fused-ring (bicyclic) bond motifs is 8. The first-order valence-electron chi connectivity index (χ1n) is 14.9. The van der Waals surface area contributed by atoms with Crippen molar-refractivity contribution in [3.8, 4) is 22.3 Å². The summed E-state index contributed by atoms with van der Waals surface area (Å²) >= 11 is 0. The molecule has 40 heavy (non-hydrogen) atoms. The van der Waals surface area contributed by atoms with E-state index in [4.69, 9.17) is 4.98 Å². The third-order valence-electron chi connectivity index (χ3n) is 11.3. The van der Waals surface area contributed by atoms with Gasteiger partial charge in [-0.15, -0.1) is 11.0 Å². The first kappa shape index (κ1) is 23.5. The normalized spacial score (nSPS) is 27.4. The molecule has 1 nitrogen and oxygen atoms in total. The van der Waals surface area contributed by atoms with Gasteiger partial charge in [0.25, 0.3) is 0 Å². The van der Waals surface area contributed by atoms with E-state index in [1.165, 1.54) is 75.9 Å². The smallest absolute Gasteiger partial charge is 0.0271 e. The fourth-order valence-electron chi connectivity index (χ4n) is 10.1. The second-order valence-corrected chi connectivity index (χ2v) is 13.0. The Hall–Kier alpha value is -3.15. The van der Waals surface area contributed by atoms with Gasteiger partial charge in [-0.3, -0.25) is 0 Å². The number of benzene rings is 5. The van der Waals surface area contributed by atoms with Crippen LogP contribution in [0.2, 0.25) is 0 Å². The van der Waals surface area contributed by atoms with E-state index >= 15 is 0 Å². The molecule has 0 amide bonds. The molecule has 0 N–H and O–H groups in total. The summed E-state index contributed by atoms with van der Waals surface area (Å²) in [5.74, 6) is 3.58. The molecule has 11 rings (SSSR count). The van der Waals surface area contributed by atoms with Crippen molar-refractivity contribution in [3.05, 3.63) is 108 Å². The molecule has 1 heterocycles. The van der Waals surface area contributed by atoms with Gasteiger partial charge < -0.3 is 4.98 Å². The van der Waals surface area contributed by atoms with Gasteiger partial charge in [0, 0.05) is 26.5 Å². The van der Waals surface area contributed by atoms with Crippen LogP contribution in [0.25, 0.3) is 54.8 Å². The van der Waals surface area contributed by atoms with Gasteiger partial charge >= 0.3 is 0 Å². The van der Waals surface area contributed by atoms with Crippen LogP contribution in [0.15, 0.2) is 97.1 Å². The van der Waals surface area contributed by atoms with Gasteiger partial charge in [0.2, 0.25) is 0 Å². The van der Waals surface area contributed by atoms with Crippen LogP contribution in [0, 0.1) is 23.7 Å². The fraction of sp³-hybridized carbons (Fsp3) is 0.263. The van der Waals surface area contributed by atoms with Crippen LogP contribution in [0.1, 0.15) is 43.2 Å². The molecule has 5 aliphatic carbocycles. The van der Waals surface area contributed by atoms with Crippen molar-refractivity contribution in [1.29, 1.82) is 0 Å². The van der Waals surface area contributed by atoms with Crippen LogP contribution >= 0.6 is 0 Å². The van der Waals surface area contributed by atoms with E-state index in [1.54, 1.807) is 11.1 Å². The Balaban J connectivity index is 0.00000230. The summed E-state index contributed by atoms with van der Waals surface area (Å²) < 4.78 is 0. The number of hydrogen-bond donors (Lipinski definition) is 0. The van der Waals surface area contributed by atoms with Gasteiger partial charge in [-0.25, -0.2) is 0 Å². The van der Waals surface area contributed by atoms with Crippen LogP contribution in [0.4, 0.5) is 0 Å². The third-order valence-corrected chi connectivity index (χ3v) is 11.3. The molecule has 6 aromatic rings. The van der Waals surface area contributed by atoms with Crippen molar-refractivity contribution in [2.24, 2.45) is 23.7 Å². The second kappa shape index (κ2) is 8.20. The molecule has 1 spiro atoms. The predicted molar refractivity (Wildman–Crippen MR) is 161 cm³/mol. The minimum absolute atomic E-state index is 0. The standard InChI is InChI=1S/C38H30N.W/c1-2-6-29-24(5-1)11-14-35-37(29)31-12-9-26(21-36(31)39-35)25-10-13-34-32(20-25)30-7-3-4-8-33(30)38(34)27-16-22-15-23(18-27)19-28(38)17-22;/h1-14,20-23,27-28H,15-19H2;/q-1;. The third kappa shape index (κ3) is 2.87. The van der Waals surface area contributed by atoms with Gasteiger partial charge in [0.15, 0.2) is 0 Å². The first-order valence-corrected chi connectivity index (χ1v) is 14.9. The SMILES string of the molecule is [W].c1ccc2c(c1)-c1cc(-c3ccc4c(c3)[n-]c3ccc5ccccc5c34)ccc1C21C2CC3CC(C2)CC1C3. The zero-order valence-corrected chi connectivity index (χ0v) is 25.4. The summed E-state index contributed by atoms with van der Waals surface area (Å²) in [6, 6.07) is 36.8. The average molecular weight is 685 g/mol. The van der Waals surface area contributed by atoms with Crippen LogP contribution in [-0.4, -0.2) is 0 Å². The van der Waals surface area contributed by atoms with E-state index in [9.17, 15) is 0 Å². The van der Waals surface area contributed by atoms with Crippen LogP contribution < -0.4 is 4.98 Å². The quantitative estimate of drug-likeness (QED) is 0.168. The van der Waals surface area contributed by atoms with Gasteiger partial charge in [0.05, 0.1) is 0 Å². The van der Waals surface area contributed by atoms with E-state index in [2.05, 4.69) is 97.1 Å². The molecule has 0 saturated heterocycles. The molecule has 4 fully saturated rings. The molecule has 5 aliphatic rings. The van der Waals surface area contributed by atoms with E-state index < -0.39 is 0 Å². The van der Waals surface area contributed by atoms with E-state index in [-0.39, 0.29) is 26.5 Å². The Bertz CT molecular complexity index is 1970. The maximum Gasteiger partial charge on any atom is 0.0271 e. The Kier molecular flexibility index (Phi) is 4.83. The molecular weight excluding hydrogens is 654 g/mol. The number of aromatic nitrogens is 1. The van der Waals surface area contributed by atoms with Gasteiger partial charge in [0.1, 0.15) is 0 Å². The Morgan fingerprint density at radius 2 is 1.25 bits per heavy atom. The van der Waals surface area contributed by atoms with Crippen molar-refractivity contribution >= 4 is 32.6 Å². The topological polar surface area (TPSA) is 14.1 Å². The molecule has 1 aromatic heterocycles. The molecule has 0 unspecified atom stereocenters. The molecular formula is C38H30NW-. The van der Waals surface area contributed by atoms with Crippen LogP contribution in [0.3, 0.4) is 0 Å². The molecule has 194 valence electrons. The summed E-state index contributed by atoms with van der Waals surface area (Å²) in [4.78, 5) is 5.08. The second-order valence-electron chi connectivity index (χ2n) is 13.0. The van der Waals surface area contributed by atoms with Crippen molar-refractivity contribution in [2.75, 3.05) is 0 Å². The number of nitrogens with zero attached hydrogens (tertiary/aromatic N) is 1. The van der Waals surface area contributed by atoms with Crippen LogP contribution in [0.5, 0.6) is 0 Å². The summed E-state index contributed by atoms with van der Waals surface area (Å²) in [6.07, 6.45) is 7.24. The van der Waals surface area contributed by atoms with Crippen molar-refractivity contribution in [2.45, 2.75) is 37.5 Å². The zero-order chi connectivity index (χ0) is 25.3. The number of hydrogen-bond acceptors (Lipinski definition) is 0. The number of rotatable bonds is 1. The van der Waals surface area contributed by atoms with Crippen molar-refractivity contribution in [1.82, 2.24) is 4.98 Å². The molecule has 4 saturated carbocycles. The van der Waals surface area contributed by atoms with Gasteiger partial charge in [-0.1, -0.05) is 91.0 Å². The van der Waals surface area contributed by atoms with E-state index in [0.717, 1.165) is 34.7 Å². The predicted octanol–water partition coefficient (Wildman–Crippen LogP) is 9.49. The summed E-state index contributed by atoms with van der Waals surface area (Å²) in [5, 5.41) is 5.10. The molecule has 0 atom stereocenters. The minimum atomic E-state index is 0. The van der Waals surface area contributed by atoms with E-state index in [1.807, 2.05) is 0 Å². The molecule has 2 heteroatoms. The summed E-state index contributed by atoms with van der Waals surface area (Å²) in [5.41, 5.74) is 11.2. The van der Waals surface area contributed by atoms with Crippen molar-refractivity contribution in [3.63, 3.8) is 0 Å². The largest absolute Gasteiger partial charge is 0.657 e. The molecule has 0 radical (unpaired) electrons. The summed E-state index contributed by atoms with van der Waals surface area (Å²) in [6.45, 7) is 0. The fourth-order valence-corrected chi connectivity index (χ4v) is 10.1. The van der Waals surface area contributed by atoms with E-state index in [0.29, 0.717) is 0 Å². The first-order chi connectivity index (χ1) is 19.3. The summed E-state index contributed by atoms with van der Waals surface area (Å²) in [7, 11) is 0. The molecule has 4 bridgehead atoms. The van der Waals surface area contributed by atoms with Crippen LogP contribution in [-0.2, 0) is 26.5 Å². The van der Waals surface area contributed by atoms with Gasteiger partial charge in [-0.2, -0.15) is 0 Å². The average Bonchev–Trinajstić information content (AvgIpc) is 3.49. The molecule has 0 aliphatic heterocycles. The maximum absolute atomic E-state index is 5.08. The minimum Gasteiger partial charge on any atom is -0.657 e. The van der Waals surface area contributed by atoms with Gasteiger partial charge in [-0.05, 0) is 117 Å². The molecule has 5 aromatic carbocycles. The Morgan fingerprint density at radius 1 is 0.550 bits per heavy atom. The monoisotopic (exact) mass is 684 g/mol. The maximum atomic E-state index is 5.08. The van der Waals surface area contributed by atoms with Crippen molar-refractivity contribution < 1.29 is 21.1 Å². The Morgan fingerprint density at radius 3 is 2.10 bits per heavy atom. The zero-order valence-electron chi connectivity index (χ0n) is 22.4. The Labute approximate surface area is 249 Å².